The van der Waals surface area contributed by atoms with Crippen LogP contribution in [0.3, 0.4) is 0 Å². The fourth-order valence-corrected chi connectivity index (χ4v) is 1.61. The Hall–Kier alpha value is -2.66. The maximum absolute atomic E-state index is 10.6. The van der Waals surface area contributed by atoms with E-state index >= 15 is 0 Å². The van der Waals surface area contributed by atoms with E-state index in [4.69, 9.17) is 9.84 Å². The average molecular weight is 271 g/mol. The van der Waals surface area contributed by atoms with Crippen molar-refractivity contribution in [3.63, 3.8) is 0 Å². The van der Waals surface area contributed by atoms with Crippen molar-refractivity contribution in [1.29, 1.82) is 0 Å². The number of hydrogen-bond acceptors (Lipinski definition) is 4. The molecule has 0 saturated carbocycles. The van der Waals surface area contributed by atoms with E-state index in [0.29, 0.717) is 16.9 Å². The number of aromatic nitrogens is 1. The molecule has 0 saturated heterocycles. The minimum absolute atomic E-state index is 0.149. The number of benzene rings is 1. The number of carboxylic acids is 1. The summed E-state index contributed by atoms with van der Waals surface area (Å²) in [5.41, 5.74) is 1.17. The van der Waals surface area contributed by atoms with Crippen molar-refractivity contribution in [2.24, 2.45) is 0 Å². The van der Waals surface area contributed by atoms with Gasteiger partial charge in [0.1, 0.15) is 5.75 Å². The lowest BCUT2D eigenvalue weighted by molar-refractivity contribution is -0.131. The van der Waals surface area contributed by atoms with Crippen molar-refractivity contribution in [1.82, 2.24) is 4.98 Å². The molecule has 0 atom stereocenters. The molecular formula is C15H13NO4. The molecule has 20 heavy (non-hydrogen) atoms. The van der Waals surface area contributed by atoms with E-state index < -0.39 is 5.97 Å². The summed E-state index contributed by atoms with van der Waals surface area (Å²) in [5.74, 6) is -0.278. The molecule has 0 fully saturated rings. The van der Waals surface area contributed by atoms with Gasteiger partial charge in [-0.25, -0.2) is 9.78 Å². The number of ether oxygens (including phenoxy) is 1. The van der Waals surface area contributed by atoms with Crippen molar-refractivity contribution in [2.45, 2.75) is 6.61 Å². The van der Waals surface area contributed by atoms with Gasteiger partial charge >= 0.3 is 5.97 Å². The SMILES string of the molecule is O=C(O)/C=C/c1cccnc1Oc1ccccc1CO. The standard InChI is InChI=1S/C15H13NO4/c17-10-12-4-1-2-6-13(12)20-15-11(5-3-9-16-15)7-8-14(18)19/h1-9,17H,10H2,(H,18,19)/b8-7+. The molecule has 2 aromatic rings. The van der Waals surface area contributed by atoms with Crippen molar-refractivity contribution < 1.29 is 19.7 Å². The Bertz CT molecular complexity index is 637. The molecule has 0 unspecified atom stereocenters. The lowest BCUT2D eigenvalue weighted by Crippen LogP contribution is -1.95. The summed E-state index contributed by atoms with van der Waals surface area (Å²) in [6, 6.07) is 10.4. The van der Waals surface area contributed by atoms with Gasteiger partial charge in [0.2, 0.25) is 5.88 Å². The smallest absolute Gasteiger partial charge is 0.328 e. The van der Waals surface area contributed by atoms with Crippen LogP contribution in [-0.4, -0.2) is 21.2 Å². The molecule has 1 aromatic carbocycles. The number of aliphatic hydroxyl groups is 1. The zero-order chi connectivity index (χ0) is 14.4. The molecule has 5 heteroatoms. The summed E-state index contributed by atoms with van der Waals surface area (Å²) in [5, 5.41) is 17.9. The first-order valence-corrected chi connectivity index (χ1v) is 5.93. The molecule has 0 aliphatic carbocycles. The number of carboxylic acid groups (broad SMARTS) is 1. The minimum Gasteiger partial charge on any atom is -0.478 e. The van der Waals surface area contributed by atoms with Gasteiger partial charge < -0.3 is 14.9 Å². The fraction of sp³-hybridized carbons (Fsp3) is 0.0667. The van der Waals surface area contributed by atoms with Crippen LogP contribution in [0.5, 0.6) is 11.6 Å². The lowest BCUT2D eigenvalue weighted by atomic mass is 10.2. The molecule has 2 rings (SSSR count). The quantitative estimate of drug-likeness (QED) is 0.816. The molecule has 0 amide bonds. The second-order valence-corrected chi connectivity index (χ2v) is 3.94. The minimum atomic E-state index is -1.05. The van der Waals surface area contributed by atoms with Gasteiger partial charge in [-0.05, 0) is 24.3 Å². The maximum atomic E-state index is 10.6. The number of pyridine rings is 1. The highest BCUT2D eigenvalue weighted by Crippen LogP contribution is 2.26. The summed E-state index contributed by atoms with van der Waals surface area (Å²) in [6.45, 7) is -0.149. The van der Waals surface area contributed by atoms with Gasteiger partial charge in [0.05, 0.1) is 6.61 Å². The maximum Gasteiger partial charge on any atom is 0.328 e. The third-order valence-electron chi connectivity index (χ3n) is 2.56. The Kier molecular flexibility index (Phi) is 4.47. The van der Waals surface area contributed by atoms with Crippen molar-refractivity contribution in [2.75, 3.05) is 0 Å². The lowest BCUT2D eigenvalue weighted by Gasteiger charge is -2.10. The molecule has 2 N–H and O–H groups in total. The Balaban J connectivity index is 2.31. The topological polar surface area (TPSA) is 79.7 Å². The van der Waals surface area contributed by atoms with E-state index in [2.05, 4.69) is 4.98 Å². The molecule has 1 heterocycles. The number of nitrogens with zero attached hydrogens (tertiary/aromatic N) is 1. The highest BCUT2D eigenvalue weighted by Gasteiger charge is 2.07. The highest BCUT2D eigenvalue weighted by molar-refractivity contribution is 5.85. The van der Waals surface area contributed by atoms with Crippen LogP contribution in [-0.2, 0) is 11.4 Å². The van der Waals surface area contributed by atoms with E-state index in [-0.39, 0.29) is 12.5 Å². The van der Waals surface area contributed by atoms with Crippen LogP contribution >= 0.6 is 0 Å². The van der Waals surface area contributed by atoms with Crippen LogP contribution in [0.1, 0.15) is 11.1 Å². The summed E-state index contributed by atoms with van der Waals surface area (Å²) in [7, 11) is 0. The van der Waals surface area contributed by atoms with Gasteiger partial charge in [0.15, 0.2) is 0 Å². The van der Waals surface area contributed by atoms with Gasteiger partial charge in [-0.3, -0.25) is 0 Å². The number of carbonyl (C=O) groups is 1. The Morgan fingerprint density at radius 3 is 2.80 bits per heavy atom. The highest BCUT2D eigenvalue weighted by atomic mass is 16.5. The van der Waals surface area contributed by atoms with Gasteiger partial charge in [-0.2, -0.15) is 0 Å². The number of para-hydroxylation sites is 1. The molecule has 5 nitrogen and oxygen atoms in total. The predicted molar refractivity (Wildman–Crippen MR) is 73.3 cm³/mol. The van der Waals surface area contributed by atoms with Crippen LogP contribution < -0.4 is 4.74 Å². The number of hydrogen-bond donors (Lipinski definition) is 2. The van der Waals surface area contributed by atoms with Crippen LogP contribution in [0.15, 0.2) is 48.7 Å². The molecule has 0 radical (unpaired) electrons. The Morgan fingerprint density at radius 2 is 2.05 bits per heavy atom. The molecule has 0 spiro atoms. The first-order valence-electron chi connectivity index (χ1n) is 5.93. The molecule has 0 bridgehead atoms. The normalized spacial score (nSPS) is 10.7. The Labute approximate surface area is 115 Å². The fourth-order valence-electron chi connectivity index (χ4n) is 1.61. The summed E-state index contributed by atoms with van der Waals surface area (Å²) >= 11 is 0. The van der Waals surface area contributed by atoms with Crippen LogP contribution in [0.2, 0.25) is 0 Å². The first kappa shape index (κ1) is 13.8. The van der Waals surface area contributed by atoms with Gasteiger partial charge in [-0.15, -0.1) is 0 Å². The molecule has 102 valence electrons. The summed E-state index contributed by atoms with van der Waals surface area (Å²) in [6.07, 6.45) is 3.98. The molecule has 0 aliphatic heterocycles. The van der Waals surface area contributed by atoms with E-state index in [1.165, 1.54) is 6.08 Å². The summed E-state index contributed by atoms with van der Waals surface area (Å²) in [4.78, 5) is 14.6. The third-order valence-corrected chi connectivity index (χ3v) is 2.56. The van der Waals surface area contributed by atoms with Gasteiger partial charge in [-0.1, -0.05) is 18.2 Å². The second kappa shape index (κ2) is 6.49. The van der Waals surface area contributed by atoms with E-state index in [0.717, 1.165) is 6.08 Å². The molecule has 1 aromatic heterocycles. The first-order chi connectivity index (χ1) is 9.70. The van der Waals surface area contributed by atoms with Crippen molar-refractivity contribution in [3.05, 3.63) is 59.8 Å². The predicted octanol–water partition coefficient (Wildman–Crippen LogP) is 2.46. The summed E-state index contributed by atoms with van der Waals surface area (Å²) < 4.78 is 5.65. The number of rotatable bonds is 5. The Morgan fingerprint density at radius 1 is 1.25 bits per heavy atom. The zero-order valence-electron chi connectivity index (χ0n) is 10.6. The van der Waals surface area contributed by atoms with Gasteiger partial charge in [0, 0.05) is 23.4 Å². The second-order valence-electron chi connectivity index (χ2n) is 3.94. The van der Waals surface area contributed by atoms with Gasteiger partial charge in [0.25, 0.3) is 0 Å². The van der Waals surface area contributed by atoms with Crippen molar-refractivity contribution >= 4 is 12.0 Å². The average Bonchev–Trinajstić information content (AvgIpc) is 2.47. The largest absolute Gasteiger partial charge is 0.478 e. The van der Waals surface area contributed by atoms with E-state index in [1.54, 1.807) is 42.6 Å². The molecule has 0 aliphatic rings. The zero-order valence-corrected chi connectivity index (χ0v) is 10.6. The van der Waals surface area contributed by atoms with Crippen LogP contribution in [0.25, 0.3) is 6.08 Å². The molecular weight excluding hydrogens is 258 g/mol. The van der Waals surface area contributed by atoms with Crippen molar-refractivity contribution in [3.8, 4) is 11.6 Å². The van der Waals surface area contributed by atoms with E-state index in [9.17, 15) is 9.90 Å². The monoisotopic (exact) mass is 271 g/mol. The number of aliphatic carboxylic acids is 1. The van der Waals surface area contributed by atoms with Crippen LogP contribution in [0, 0.1) is 0 Å². The van der Waals surface area contributed by atoms with E-state index in [1.807, 2.05) is 0 Å². The number of aliphatic hydroxyl groups excluding tert-OH is 1. The van der Waals surface area contributed by atoms with Crippen LogP contribution in [0.4, 0.5) is 0 Å². The third kappa shape index (κ3) is 3.43.